The lowest BCUT2D eigenvalue weighted by atomic mass is 10.1. The number of urea groups is 2. The van der Waals surface area contributed by atoms with E-state index in [1.54, 1.807) is 0 Å². The van der Waals surface area contributed by atoms with Gasteiger partial charge in [0.25, 0.3) is 0 Å². The van der Waals surface area contributed by atoms with Crippen LogP contribution in [0.5, 0.6) is 0 Å². The van der Waals surface area contributed by atoms with Crippen molar-refractivity contribution in [2.75, 3.05) is 52.6 Å². The van der Waals surface area contributed by atoms with Crippen LogP contribution in [0, 0.1) is 0 Å². The van der Waals surface area contributed by atoms with Crippen molar-refractivity contribution in [2.24, 2.45) is 0 Å². The van der Waals surface area contributed by atoms with Crippen LogP contribution in [0.1, 0.15) is 52.4 Å². The molecule has 4 saturated heterocycles. The summed E-state index contributed by atoms with van der Waals surface area (Å²) in [5.41, 5.74) is 0. The van der Waals surface area contributed by atoms with Gasteiger partial charge in [-0.1, -0.05) is 12.8 Å². The van der Waals surface area contributed by atoms with Crippen molar-refractivity contribution in [1.82, 2.24) is 29.4 Å². The molecule has 4 aliphatic heterocycles. The predicted molar refractivity (Wildman–Crippen MR) is 107 cm³/mol. The number of fused-ring (bicyclic) bond motifs is 1. The standard InChI is InChI=1S/C20H36N6O2/c1-3-23-17-18(26(19(23)27)16-22-13-9-6-10-14-22)24(4-2)20(28)25(17)15-21-11-7-5-8-12-21/h17-18H,3-16H2,1-2H3/t17-,18+. The maximum atomic E-state index is 13.3. The smallest absolute Gasteiger partial charge is 0.300 e. The lowest BCUT2D eigenvalue weighted by Crippen LogP contribution is -2.51. The Morgan fingerprint density at radius 1 is 0.607 bits per heavy atom. The summed E-state index contributed by atoms with van der Waals surface area (Å²) in [4.78, 5) is 39.0. The van der Waals surface area contributed by atoms with E-state index in [-0.39, 0.29) is 24.4 Å². The SMILES string of the molecule is CCN1C(=O)N(CN2CCCCC2)[C@H]2[C@H]1N(CN1CCCCC1)C(=O)N2CC. The molecule has 0 unspecified atom stereocenters. The highest BCUT2D eigenvalue weighted by atomic mass is 16.2. The van der Waals surface area contributed by atoms with Crippen LogP contribution in [0.15, 0.2) is 0 Å². The van der Waals surface area contributed by atoms with Crippen molar-refractivity contribution in [1.29, 1.82) is 0 Å². The first kappa shape index (κ1) is 19.8. The van der Waals surface area contributed by atoms with E-state index in [0.717, 1.165) is 26.2 Å². The minimum atomic E-state index is -0.170. The molecule has 2 atom stereocenters. The van der Waals surface area contributed by atoms with E-state index in [0.29, 0.717) is 26.4 Å². The molecule has 0 aliphatic carbocycles. The number of amides is 4. The van der Waals surface area contributed by atoms with Crippen LogP contribution in [0.2, 0.25) is 0 Å². The molecule has 0 saturated carbocycles. The summed E-state index contributed by atoms with van der Waals surface area (Å²) in [6.07, 6.45) is 7.02. The van der Waals surface area contributed by atoms with Gasteiger partial charge < -0.3 is 9.80 Å². The van der Waals surface area contributed by atoms with E-state index < -0.39 is 0 Å². The summed E-state index contributed by atoms with van der Waals surface area (Å²) in [5, 5.41) is 0. The lowest BCUT2D eigenvalue weighted by molar-refractivity contribution is 0.0610. The first-order chi connectivity index (χ1) is 13.7. The number of piperidine rings is 2. The van der Waals surface area contributed by atoms with Crippen LogP contribution in [0.3, 0.4) is 0 Å². The van der Waals surface area contributed by atoms with E-state index in [2.05, 4.69) is 9.80 Å². The van der Waals surface area contributed by atoms with Gasteiger partial charge in [-0.25, -0.2) is 9.59 Å². The monoisotopic (exact) mass is 392 g/mol. The van der Waals surface area contributed by atoms with Crippen molar-refractivity contribution in [2.45, 2.75) is 64.7 Å². The Bertz CT molecular complexity index is 525. The number of nitrogens with zero attached hydrogens (tertiary/aromatic N) is 6. The van der Waals surface area contributed by atoms with Gasteiger partial charge in [0.15, 0.2) is 12.3 Å². The molecule has 4 aliphatic rings. The Labute approximate surface area is 169 Å². The minimum absolute atomic E-state index is 0.0812. The molecule has 4 heterocycles. The highest BCUT2D eigenvalue weighted by Crippen LogP contribution is 2.35. The van der Waals surface area contributed by atoms with Crippen molar-refractivity contribution in [3.63, 3.8) is 0 Å². The van der Waals surface area contributed by atoms with Crippen LogP contribution in [-0.2, 0) is 0 Å². The molecule has 8 heteroatoms. The largest absolute Gasteiger partial charge is 0.324 e. The summed E-state index contributed by atoms with van der Waals surface area (Å²) in [7, 11) is 0. The minimum Gasteiger partial charge on any atom is -0.300 e. The molecule has 8 nitrogen and oxygen atoms in total. The second-order valence-corrected chi connectivity index (χ2v) is 8.54. The van der Waals surface area contributed by atoms with Crippen molar-refractivity contribution >= 4 is 12.1 Å². The molecular weight excluding hydrogens is 356 g/mol. The van der Waals surface area contributed by atoms with Crippen LogP contribution in [-0.4, -0.2) is 106 Å². The predicted octanol–water partition coefficient (Wildman–Crippen LogP) is 2.04. The van der Waals surface area contributed by atoms with Gasteiger partial charge in [-0.3, -0.25) is 19.6 Å². The van der Waals surface area contributed by atoms with Gasteiger partial charge in [0, 0.05) is 13.1 Å². The quantitative estimate of drug-likeness (QED) is 0.694. The fraction of sp³-hybridized carbons (Fsp3) is 0.900. The molecule has 0 aromatic heterocycles. The number of hydrogen-bond acceptors (Lipinski definition) is 4. The second-order valence-electron chi connectivity index (χ2n) is 8.54. The lowest BCUT2D eigenvalue weighted by Gasteiger charge is -2.35. The second kappa shape index (κ2) is 8.45. The third-order valence-electron chi connectivity index (χ3n) is 6.81. The van der Waals surface area contributed by atoms with Crippen LogP contribution in [0.25, 0.3) is 0 Å². The first-order valence-corrected chi connectivity index (χ1v) is 11.2. The summed E-state index contributed by atoms with van der Waals surface area (Å²) in [6, 6.07) is 0.162. The molecule has 0 spiro atoms. The Hall–Kier alpha value is -1.54. The number of carbonyl (C=O) groups is 2. The van der Waals surface area contributed by atoms with Crippen molar-refractivity contribution in [3.8, 4) is 0 Å². The summed E-state index contributed by atoms with van der Waals surface area (Å²) in [5.74, 6) is 0. The van der Waals surface area contributed by atoms with Crippen LogP contribution in [0.4, 0.5) is 9.59 Å². The zero-order valence-electron chi connectivity index (χ0n) is 17.6. The average molecular weight is 393 g/mol. The summed E-state index contributed by atoms with van der Waals surface area (Å²) < 4.78 is 0. The fourth-order valence-electron chi connectivity index (χ4n) is 5.33. The molecule has 4 fully saturated rings. The maximum absolute atomic E-state index is 13.3. The van der Waals surface area contributed by atoms with Gasteiger partial charge in [-0.05, 0) is 65.7 Å². The Morgan fingerprint density at radius 3 is 1.29 bits per heavy atom. The van der Waals surface area contributed by atoms with E-state index in [4.69, 9.17) is 0 Å². The van der Waals surface area contributed by atoms with E-state index in [1.807, 2.05) is 33.4 Å². The van der Waals surface area contributed by atoms with Crippen LogP contribution < -0.4 is 0 Å². The molecule has 0 aromatic carbocycles. The molecule has 0 N–H and O–H groups in total. The van der Waals surface area contributed by atoms with Gasteiger partial charge in [0.05, 0.1) is 13.3 Å². The van der Waals surface area contributed by atoms with Crippen molar-refractivity contribution in [3.05, 3.63) is 0 Å². The Balaban J connectivity index is 1.56. The summed E-state index contributed by atoms with van der Waals surface area (Å²) in [6.45, 7) is 10.8. The number of rotatable bonds is 6. The molecule has 0 aromatic rings. The van der Waals surface area contributed by atoms with E-state index >= 15 is 0 Å². The Kier molecular flexibility index (Phi) is 5.96. The number of hydrogen-bond donors (Lipinski definition) is 0. The number of likely N-dealkylation sites (tertiary alicyclic amines) is 2. The molecule has 4 rings (SSSR count). The van der Waals surface area contributed by atoms with E-state index in [9.17, 15) is 9.59 Å². The first-order valence-electron chi connectivity index (χ1n) is 11.2. The molecule has 4 amide bonds. The van der Waals surface area contributed by atoms with Gasteiger partial charge in [0.2, 0.25) is 0 Å². The third kappa shape index (κ3) is 3.45. The van der Waals surface area contributed by atoms with Crippen molar-refractivity contribution < 1.29 is 9.59 Å². The van der Waals surface area contributed by atoms with Gasteiger partial charge >= 0.3 is 12.1 Å². The fourth-order valence-corrected chi connectivity index (χ4v) is 5.33. The van der Waals surface area contributed by atoms with Gasteiger partial charge in [-0.2, -0.15) is 0 Å². The Morgan fingerprint density at radius 2 is 0.964 bits per heavy atom. The number of carbonyl (C=O) groups excluding carboxylic acids is 2. The average Bonchev–Trinajstić information content (AvgIpc) is 3.14. The summed E-state index contributed by atoms with van der Waals surface area (Å²) >= 11 is 0. The van der Waals surface area contributed by atoms with Crippen LogP contribution >= 0.6 is 0 Å². The molecule has 0 radical (unpaired) electrons. The highest BCUT2D eigenvalue weighted by Gasteiger charge is 2.58. The maximum Gasteiger partial charge on any atom is 0.324 e. The number of likely N-dealkylation sites (N-methyl/N-ethyl adjacent to an activating group) is 2. The topological polar surface area (TPSA) is 53.6 Å². The molecule has 28 heavy (non-hydrogen) atoms. The molecule has 158 valence electrons. The van der Waals surface area contributed by atoms with Gasteiger partial charge in [-0.15, -0.1) is 0 Å². The zero-order valence-corrected chi connectivity index (χ0v) is 17.6. The van der Waals surface area contributed by atoms with E-state index in [1.165, 1.54) is 38.5 Å². The normalized spacial score (nSPS) is 29.9. The molecular formula is C20H36N6O2. The highest BCUT2D eigenvalue weighted by molar-refractivity contribution is 5.85. The zero-order chi connectivity index (χ0) is 19.7. The molecule has 0 bridgehead atoms. The van der Waals surface area contributed by atoms with Gasteiger partial charge in [0.1, 0.15) is 0 Å². The third-order valence-corrected chi connectivity index (χ3v) is 6.81.